The zero-order valence-corrected chi connectivity index (χ0v) is 12.9. The van der Waals surface area contributed by atoms with Gasteiger partial charge in [-0.3, -0.25) is 4.90 Å². The van der Waals surface area contributed by atoms with Gasteiger partial charge in [-0.05, 0) is 27.4 Å². The third-order valence-corrected chi connectivity index (χ3v) is 4.49. The Morgan fingerprint density at radius 1 is 1.16 bits per heavy atom. The van der Waals surface area contributed by atoms with Crippen molar-refractivity contribution in [1.82, 2.24) is 14.9 Å². The summed E-state index contributed by atoms with van der Waals surface area (Å²) in [6.45, 7) is 5.18. The summed E-state index contributed by atoms with van der Waals surface area (Å²) in [4.78, 5) is 14.9. The average Bonchev–Trinajstić information content (AvgIpc) is 2.94. The minimum Gasteiger partial charge on any atom is -0.338 e. The fourth-order valence-corrected chi connectivity index (χ4v) is 3.15. The first kappa shape index (κ1) is 13.0. The highest BCUT2D eigenvalue weighted by atomic mass is 79.9. The zero-order chi connectivity index (χ0) is 13.1. The van der Waals surface area contributed by atoms with E-state index in [-0.39, 0.29) is 0 Å². The van der Waals surface area contributed by atoms with Crippen LogP contribution in [-0.2, 0) is 6.54 Å². The Morgan fingerprint density at radius 3 is 2.53 bits per heavy atom. The Morgan fingerprint density at radius 2 is 1.89 bits per heavy atom. The molecule has 100 valence electrons. The second-order valence-electron chi connectivity index (χ2n) is 4.54. The first-order valence-corrected chi connectivity index (χ1v) is 7.96. The van der Waals surface area contributed by atoms with Crippen molar-refractivity contribution in [2.24, 2.45) is 0 Å². The second kappa shape index (κ2) is 5.98. The average molecular weight is 339 g/mol. The molecule has 1 aliphatic heterocycles. The van der Waals surface area contributed by atoms with Crippen LogP contribution in [0.15, 0.2) is 34.4 Å². The maximum absolute atomic E-state index is 4.35. The van der Waals surface area contributed by atoms with E-state index in [1.165, 1.54) is 4.88 Å². The molecule has 0 aliphatic carbocycles. The number of nitrogens with zero attached hydrogens (tertiary/aromatic N) is 4. The van der Waals surface area contributed by atoms with E-state index in [1.54, 1.807) is 12.4 Å². The van der Waals surface area contributed by atoms with Gasteiger partial charge in [-0.1, -0.05) is 6.07 Å². The standard InChI is InChI=1S/C13H15BrN4S/c14-11-8-15-13(16-9-11)18-5-3-17(4-6-18)10-12-2-1-7-19-12/h1-2,7-9H,3-6,10H2. The SMILES string of the molecule is Brc1cnc(N2CCN(Cc3cccs3)CC2)nc1. The molecule has 4 nitrogen and oxygen atoms in total. The minimum absolute atomic E-state index is 0.832. The van der Waals surface area contributed by atoms with Crippen molar-refractivity contribution in [3.8, 4) is 0 Å². The molecule has 19 heavy (non-hydrogen) atoms. The van der Waals surface area contributed by atoms with Gasteiger partial charge in [-0.2, -0.15) is 0 Å². The molecule has 2 aromatic heterocycles. The van der Waals surface area contributed by atoms with Crippen LogP contribution >= 0.6 is 27.3 Å². The lowest BCUT2D eigenvalue weighted by Crippen LogP contribution is -2.46. The quantitative estimate of drug-likeness (QED) is 0.861. The van der Waals surface area contributed by atoms with Gasteiger partial charge in [0.1, 0.15) is 0 Å². The van der Waals surface area contributed by atoms with Gasteiger partial charge in [0.25, 0.3) is 0 Å². The van der Waals surface area contributed by atoms with Crippen LogP contribution < -0.4 is 4.90 Å². The van der Waals surface area contributed by atoms with Crippen LogP contribution in [0.5, 0.6) is 0 Å². The van der Waals surface area contributed by atoms with Crippen molar-refractivity contribution in [3.63, 3.8) is 0 Å². The van der Waals surface area contributed by atoms with Crippen LogP contribution in [0.1, 0.15) is 4.88 Å². The summed E-state index contributed by atoms with van der Waals surface area (Å²) in [5.41, 5.74) is 0. The van der Waals surface area contributed by atoms with E-state index in [1.807, 2.05) is 11.3 Å². The highest BCUT2D eigenvalue weighted by molar-refractivity contribution is 9.10. The first-order chi connectivity index (χ1) is 9.31. The summed E-state index contributed by atoms with van der Waals surface area (Å²) < 4.78 is 0.924. The maximum Gasteiger partial charge on any atom is 0.225 e. The predicted octanol–water partition coefficient (Wildman–Crippen LogP) is 2.62. The van der Waals surface area contributed by atoms with Gasteiger partial charge in [0.05, 0.1) is 4.47 Å². The summed E-state index contributed by atoms with van der Waals surface area (Å²) in [7, 11) is 0. The first-order valence-electron chi connectivity index (χ1n) is 6.28. The van der Waals surface area contributed by atoms with Gasteiger partial charge in [0.2, 0.25) is 5.95 Å². The molecule has 1 fully saturated rings. The van der Waals surface area contributed by atoms with Gasteiger partial charge < -0.3 is 4.90 Å². The van der Waals surface area contributed by atoms with E-state index in [0.717, 1.165) is 43.1 Å². The lowest BCUT2D eigenvalue weighted by atomic mass is 10.3. The topological polar surface area (TPSA) is 32.3 Å². The predicted molar refractivity (Wildman–Crippen MR) is 81.5 cm³/mol. The number of hydrogen-bond acceptors (Lipinski definition) is 5. The Labute approximate surface area is 125 Å². The fraction of sp³-hybridized carbons (Fsp3) is 0.385. The molecule has 3 heterocycles. The summed E-state index contributed by atoms with van der Waals surface area (Å²) in [6, 6.07) is 4.32. The number of piperazine rings is 1. The molecule has 2 aromatic rings. The Bertz CT molecular complexity index is 506. The number of anilines is 1. The van der Waals surface area contributed by atoms with Gasteiger partial charge in [0, 0.05) is 50.0 Å². The fourth-order valence-electron chi connectivity index (χ4n) is 2.20. The molecule has 0 spiro atoms. The summed E-state index contributed by atoms with van der Waals surface area (Å²) >= 11 is 5.19. The third kappa shape index (κ3) is 3.32. The smallest absolute Gasteiger partial charge is 0.225 e. The molecule has 0 unspecified atom stereocenters. The molecule has 6 heteroatoms. The van der Waals surface area contributed by atoms with Crippen LogP contribution in [-0.4, -0.2) is 41.0 Å². The van der Waals surface area contributed by atoms with E-state index in [9.17, 15) is 0 Å². The second-order valence-corrected chi connectivity index (χ2v) is 6.49. The molecule has 3 rings (SSSR count). The monoisotopic (exact) mass is 338 g/mol. The molecule has 1 aliphatic rings. The van der Waals surface area contributed by atoms with Crippen LogP contribution in [0.3, 0.4) is 0 Å². The third-order valence-electron chi connectivity index (χ3n) is 3.22. The number of thiophene rings is 1. The van der Waals surface area contributed by atoms with E-state index >= 15 is 0 Å². The molecule has 0 bridgehead atoms. The van der Waals surface area contributed by atoms with Crippen molar-refractivity contribution in [1.29, 1.82) is 0 Å². The Kier molecular flexibility index (Phi) is 4.10. The summed E-state index contributed by atoms with van der Waals surface area (Å²) in [5, 5.41) is 2.14. The maximum atomic E-state index is 4.35. The molecular formula is C13H15BrN4S. The van der Waals surface area contributed by atoms with Crippen molar-refractivity contribution in [3.05, 3.63) is 39.3 Å². The molecule has 0 saturated carbocycles. The Hall–Kier alpha value is -0.980. The van der Waals surface area contributed by atoms with Crippen LogP contribution in [0.2, 0.25) is 0 Å². The molecule has 0 N–H and O–H groups in total. The number of hydrogen-bond donors (Lipinski definition) is 0. The van der Waals surface area contributed by atoms with E-state index < -0.39 is 0 Å². The highest BCUT2D eigenvalue weighted by Gasteiger charge is 2.18. The summed E-state index contributed by atoms with van der Waals surface area (Å²) in [6.07, 6.45) is 3.61. The molecule has 0 atom stereocenters. The van der Waals surface area contributed by atoms with Crippen molar-refractivity contribution in [2.45, 2.75) is 6.54 Å². The lowest BCUT2D eigenvalue weighted by molar-refractivity contribution is 0.251. The number of halogens is 1. The van der Waals surface area contributed by atoms with Gasteiger partial charge in [-0.25, -0.2) is 9.97 Å². The molecular weight excluding hydrogens is 324 g/mol. The highest BCUT2D eigenvalue weighted by Crippen LogP contribution is 2.16. The van der Waals surface area contributed by atoms with Crippen molar-refractivity contribution >= 4 is 33.2 Å². The van der Waals surface area contributed by atoms with Crippen LogP contribution in [0, 0.1) is 0 Å². The van der Waals surface area contributed by atoms with E-state index in [0.29, 0.717) is 0 Å². The van der Waals surface area contributed by atoms with E-state index in [2.05, 4.69) is 53.2 Å². The normalized spacial score (nSPS) is 16.8. The Balaban J connectivity index is 1.56. The van der Waals surface area contributed by atoms with Crippen LogP contribution in [0.25, 0.3) is 0 Å². The van der Waals surface area contributed by atoms with E-state index in [4.69, 9.17) is 0 Å². The van der Waals surface area contributed by atoms with Gasteiger partial charge >= 0.3 is 0 Å². The molecule has 0 aromatic carbocycles. The van der Waals surface area contributed by atoms with Crippen molar-refractivity contribution in [2.75, 3.05) is 31.1 Å². The summed E-state index contributed by atoms with van der Waals surface area (Å²) in [5.74, 6) is 0.832. The number of aromatic nitrogens is 2. The van der Waals surface area contributed by atoms with Crippen molar-refractivity contribution < 1.29 is 0 Å². The molecule has 0 amide bonds. The largest absolute Gasteiger partial charge is 0.338 e. The minimum atomic E-state index is 0.832. The molecule has 0 radical (unpaired) electrons. The van der Waals surface area contributed by atoms with Crippen LogP contribution in [0.4, 0.5) is 5.95 Å². The molecule has 1 saturated heterocycles. The van der Waals surface area contributed by atoms with Gasteiger partial charge in [-0.15, -0.1) is 11.3 Å². The zero-order valence-electron chi connectivity index (χ0n) is 10.5. The number of rotatable bonds is 3. The van der Waals surface area contributed by atoms with Gasteiger partial charge in [0.15, 0.2) is 0 Å². The lowest BCUT2D eigenvalue weighted by Gasteiger charge is -2.34.